The Kier molecular flexibility index (Phi) is 1.60. The molecule has 0 bridgehead atoms. The summed E-state index contributed by atoms with van der Waals surface area (Å²) in [4.78, 5) is 0. The van der Waals surface area contributed by atoms with Gasteiger partial charge in [0.05, 0.1) is 6.78 Å². The minimum Gasteiger partial charge on any atom is -0.0561 e. The highest BCUT2D eigenvalue weighted by molar-refractivity contribution is 9.28. The van der Waals surface area contributed by atoms with Crippen molar-refractivity contribution < 1.29 is 0 Å². The quantitative estimate of drug-likeness (QED) is 0.532. The molecule has 0 amide bonds. The average molecular weight is 472 g/mol. The van der Waals surface area contributed by atoms with Crippen molar-refractivity contribution in [2.24, 2.45) is 46.3 Å². The van der Waals surface area contributed by atoms with Crippen LogP contribution in [0.15, 0.2) is 18.9 Å². The number of hydrogen-bond donors (Lipinski definition) is 0. The van der Waals surface area contributed by atoms with E-state index in [4.69, 9.17) is 0 Å². The maximum atomic E-state index is 3.54. The van der Waals surface area contributed by atoms with Crippen molar-refractivity contribution in [3.8, 4) is 0 Å². The summed E-state index contributed by atoms with van der Waals surface area (Å²) < 4.78 is 2.34. The first-order valence-corrected chi connectivity index (χ1v) is 8.81. The molecule has 6 saturated carbocycles. The Labute approximate surface area is 128 Å². The average Bonchev–Trinajstić information content (AvgIpc) is 2.21. The van der Waals surface area contributed by atoms with Gasteiger partial charge < -0.3 is 0 Å². The van der Waals surface area contributed by atoms with Gasteiger partial charge >= 0.3 is 0 Å². The van der Waals surface area contributed by atoms with Gasteiger partial charge in [-0.1, -0.05) is 12.2 Å². The molecule has 6 aliphatic rings. The lowest BCUT2D eigenvalue weighted by molar-refractivity contribution is -0.630. The largest absolute Gasteiger partial charge is 0.0570 e. The molecule has 0 radical (unpaired) electrons. The first-order chi connectivity index (χ1) is 7.57. The predicted molar refractivity (Wildman–Crippen MR) is 77.7 cm³/mol. The van der Waals surface area contributed by atoms with Crippen LogP contribution in [0.2, 0.25) is 0 Å². The highest BCUT2D eigenvalue weighted by Gasteiger charge is 3.08. The topological polar surface area (TPSA) is 0 Å². The fourth-order valence-electron chi connectivity index (χ4n) is 6.65. The van der Waals surface area contributed by atoms with Gasteiger partial charge in [-0.15, -0.1) is 0 Å². The van der Waals surface area contributed by atoms with Gasteiger partial charge in [-0.05, 0) is 99.2 Å². The van der Waals surface area contributed by atoms with Crippen LogP contribution in [0, 0.1) is 46.3 Å². The fraction of sp³-hybridized carbons (Fsp3) is 0.667. The van der Waals surface area contributed by atoms with Crippen LogP contribution in [0.5, 0.6) is 0 Å². The van der Waals surface area contributed by atoms with Crippen molar-refractivity contribution in [2.45, 2.75) is 0 Å². The van der Waals surface area contributed by atoms with Gasteiger partial charge in [0.15, 0.2) is 0 Å². The summed E-state index contributed by atoms with van der Waals surface area (Å²) in [5.41, 5.74) is 1.27. The van der Waals surface area contributed by atoms with Crippen LogP contribution in [0.4, 0.5) is 0 Å². The number of halogens is 4. The molecule has 0 aliphatic heterocycles. The number of allylic oxidation sites excluding steroid dienone is 2. The molecule has 0 aromatic rings. The molecule has 0 aromatic heterocycles. The molecular formula is C12H8Br4. The first-order valence-electron chi connectivity index (χ1n) is 5.64. The molecule has 0 nitrogen and oxygen atoms in total. The van der Waals surface area contributed by atoms with E-state index in [1.54, 1.807) is 0 Å². The van der Waals surface area contributed by atoms with Gasteiger partial charge in [0.1, 0.15) is 0 Å². The summed E-state index contributed by atoms with van der Waals surface area (Å²) in [6.07, 6.45) is 4.93. The molecule has 0 heterocycles. The summed E-state index contributed by atoms with van der Waals surface area (Å²) in [6, 6.07) is 0. The van der Waals surface area contributed by atoms with Crippen molar-refractivity contribution in [2.75, 3.05) is 0 Å². The lowest BCUT2D eigenvalue weighted by atomic mass is 8.92. The van der Waals surface area contributed by atoms with E-state index in [0.29, 0.717) is 10.8 Å². The molecule has 84 valence electrons. The van der Waals surface area contributed by atoms with Gasteiger partial charge in [0.2, 0.25) is 0 Å². The summed E-state index contributed by atoms with van der Waals surface area (Å²) >= 11 is 14.2. The third kappa shape index (κ3) is 0.626. The predicted octanol–water partition coefficient (Wildman–Crippen LogP) is 4.99. The van der Waals surface area contributed by atoms with Crippen LogP contribution in [-0.2, 0) is 0 Å². The lowest BCUT2D eigenvalue weighted by Crippen LogP contribution is -3.08. The Hall–Kier alpha value is 1.40. The van der Waals surface area contributed by atoms with Crippen molar-refractivity contribution in [3.05, 3.63) is 18.9 Å². The van der Waals surface area contributed by atoms with E-state index < -0.39 is 0 Å². The minimum absolute atomic E-state index is 0.636. The van der Waals surface area contributed by atoms with Crippen LogP contribution in [0.3, 0.4) is 0 Å². The van der Waals surface area contributed by atoms with E-state index in [2.05, 4.69) is 75.9 Å². The Morgan fingerprint density at radius 3 is 1.06 bits per heavy atom. The van der Waals surface area contributed by atoms with Crippen LogP contribution < -0.4 is 0 Å². The summed E-state index contributed by atoms with van der Waals surface area (Å²) in [7, 11) is 0. The maximum Gasteiger partial charge on any atom is 0.0570 e. The van der Waals surface area contributed by atoms with Gasteiger partial charge in [0.25, 0.3) is 0 Å². The normalized spacial score (nSPS) is 68.5. The zero-order chi connectivity index (χ0) is 11.0. The Balaban J connectivity index is 1.54. The first kappa shape index (κ1) is 10.2. The Morgan fingerprint density at radius 1 is 0.625 bits per heavy atom. The molecule has 0 spiro atoms. The van der Waals surface area contributed by atoms with E-state index in [1.165, 1.54) is 6.78 Å². The second-order valence-electron chi connectivity index (χ2n) is 6.02. The van der Waals surface area contributed by atoms with Crippen molar-refractivity contribution in [1.82, 2.24) is 0 Å². The van der Waals surface area contributed by atoms with Gasteiger partial charge in [-0.3, -0.25) is 0 Å². The SMILES string of the molecule is BrC(Br)=CC12C3C4C1C1C2C3C41C=C(Br)Br. The molecule has 6 fully saturated rings. The van der Waals surface area contributed by atoms with E-state index in [1.807, 2.05) is 0 Å². The van der Waals surface area contributed by atoms with Crippen LogP contribution in [0.25, 0.3) is 0 Å². The van der Waals surface area contributed by atoms with E-state index >= 15 is 0 Å². The molecule has 0 aromatic carbocycles. The second-order valence-corrected chi connectivity index (χ2v) is 11.6. The van der Waals surface area contributed by atoms with Crippen LogP contribution in [-0.4, -0.2) is 0 Å². The summed E-state index contributed by atoms with van der Waals surface area (Å²) in [5, 5.41) is 0. The van der Waals surface area contributed by atoms with Crippen molar-refractivity contribution >= 4 is 63.7 Å². The molecule has 16 heavy (non-hydrogen) atoms. The van der Waals surface area contributed by atoms with Gasteiger partial charge in [-0.2, -0.15) is 0 Å². The van der Waals surface area contributed by atoms with Gasteiger partial charge in [0, 0.05) is 10.8 Å². The molecule has 0 unspecified atom stereocenters. The lowest BCUT2D eigenvalue weighted by Gasteiger charge is -3.11. The highest BCUT2D eigenvalue weighted by atomic mass is 79.9. The van der Waals surface area contributed by atoms with E-state index in [9.17, 15) is 0 Å². The summed E-state index contributed by atoms with van der Waals surface area (Å²) in [5.74, 6) is 6.13. The number of hydrogen-bond acceptors (Lipinski definition) is 0. The molecule has 6 aliphatic carbocycles. The van der Waals surface area contributed by atoms with Crippen molar-refractivity contribution in [1.29, 1.82) is 0 Å². The smallest absolute Gasteiger partial charge is 0.0561 e. The number of rotatable bonds is 2. The van der Waals surface area contributed by atoms with Gasteiger partial charge in [-0.25, -0.2) is 0 Å². The Bertz CT molecular complexity index is 396. The maximum absolute atomic E-state index is 3.54. The third-order valence-corrected chi connectivity index (χ3v) is 7.42. The third-order valence-electron chi connectivity index (χ3n) is 6.50. The monoisotopic (exact) mass is 468 g/mol. The summed E-state index contributed by atoms with van der Waals surface area (Å²) in [6.45, 7) is 0. The standard InChI is InChI=1S/C12H8Br4/c13-3(14)1-11-5-8-6(11)10-7(11)9(5)12(8,10)2-4(15)16/h1-2,5-10H. The highest BCUT2D eigenvalue weighted by Crippen LogP contribution is 3.11. The molecule has 4 heteroatoms. The van der Waals surface area contributed by atoms with E-state index in [0.717, 1.165) is 35.5 Å². The van der Waals surface area contributed by atoms with Crippen LogP contribution in [0.1, 0.15) is 0 Å². The molecule has 0 N–H and O–H groups in total. The minimum atomic E-state index is 0.636. The molecule has 6 rings (SSSR count). The zero-order valence-corrected chi connectivity index (χ0v) is 14.5. The zero-order valence-electron chi connectivity index (χ0n) is 8.13. The van der Waals surface area contributed by atoms with Crippen LogP contribution >= 0.6 is 63.7 Å². The molecular weight excluding hydrogens is 464 g/mol. The molecule has 0 atom stereocenters. The van der Waals surface area contributed by atoms with E-state index in [-0.39, 0.29) is 0 Å². The molecule has 0 saturated heterocycles. The van der Waals surface area contributed by atoms with Crippen molar-refractivity contribution in [3.63, 3.8) is 0 Å². The Morgan fingerprint density at radius 2 is 0.875 bits per heavy atom. The fourth-order valence-corrected chi connectivity index (χ4v) is 8.24. The second kappa shape index (κ2) is 2.51.